The van der Waals surface area contributed by atoms with E-state index < -0.39 is 11.5 Å². The predicted octanol–water partition coefficient (Wildman–Crippen LogP) is 1.79. The molecule has 0 aliphatic heterocycles. The van der Waals surface area contributed by atoms with Gasteiger partial charge in [-0.25, -0.2) is 0 Å². The fraction of sp³-hybridized carbons (Fsp3) is 0.667. The minimum absolute atomic E-state index is 0.0258. The summed E-state index contributed by atoms with van der Waals surface area (Å²) in [5.41, 5.74) is 0.0912. The van der Waals surface area contributed by atoms with Gasteiger partial charge in [0.05, 0.1) is 17.7 Å². The van der Waals surface area contributed by atoms with Crippen LogP contribution in [-0.4, -0.2) is 32.1 Å². The van der Waals surface area contributed by atoms with Crippen LogP contribution in [0.4, 0.5) is 0 Å². The molecule has 0 atom stereocenters. The van der Waals surface area contributed by atoms with Crippen LogP contribution in [0, 0.1) is 0 Å². The van der Waals surface area contributed by atoms with Gasteiger partial charge < -0.3 is 10.4 Å². The molecular weight excluding hydrogens is 266 g/mol. The summed E-state index contributed by atoms with van der Waals surface area (Å²) in [6.45, 7) is 3.90. The Bertz CT molecular complexity index is 494. The van der Waals surface area contributed by atoms with Crippen molar-refractivity contribution in [2.75, 3.05) is 0 Å². The summed E-state index contributed by atoms with van der Waals surface area (Å²) in [4.78, 5) is 23.6. The highest BCUT2D eigenvalue weighted by Gasteiger charge is 2.41. The molecule has 2 rings (SSSR count). The normalized spacial score (nSPS) is 17.0. The summed E-state index contributed by atoms with van der Waals surface area (Å²) < 4.78 is 3.81. The van der Waals surface area contributed by atoms with Crippen molar-refractivity contribution < 1.29 is 14.7 Å². The van der Waals surface area contributed by atoms with Gasteiger partial charge in [-0.3, -0.25) is 9.59 Å². The van der Waals surface area contributed by atoms with E-state index in [2.05, 4.69) is 14.9 Å². The molecule has 6 nitrogen and oxygen atoms in total. The summed E-state index contributed by atoms with van der Waals surface area (Å²) in [6.07, 6.45) is 2.36. The molecule has 0 saturated heterocycles. The van der Waals surface area contributed by atoms with Gasteiger partial charge in [0, 0.05) is 0 Å². The van der Waals surface area contributed by atoms with Crippen molar-refractivity contribution in [3.8, 4) is 0 Å². The SMILES string of the molecule is CC(C)c1nnsc1C(=O)NC1(CC(=O)O)CCC1. The van der Waals surface area contributed by atoms with Crippen molar-refractivity contribution in [1.82, 2.24) is 14.9 Å². The Labute approximate surface area is 115 Å². The van der Waals surface area contributed by atoms with Gasteiger partial charge in [0.2, 0.25) is 0 Å². The van der Waals surface area contributed by atoms with Crippen LogP contribution in [0.15, 0.2) is 0 Å². The van der Waals surface area contributed by atoms with Crippen molar-refractivity contribution >= 4 is 23.4 Å². The summed E-state index contributed by atoms with van der Waals surface area (Å²) in [7, 11) is 0. The Morgan fingerprint density at radius 1 is 1.47 bits per heavy atom. The lowest BCUT2D eigenvalue weighted by Crippen LogP contribution is -2.54. The van der Waals surface area contributed by atoms with Crippen molar-refractivity contribution in [2.24, 2.45) is 0 Å². The summed E-state index contributed by atoms with van der Waals surface area (Å²) in [5.74, 6) is -1.01. The van der Waals surface area contributed by atoms with Crippen LogP contribution >= 0.6 is 11.5 Å². The highest BCUT2D eigenvalue weighted by Crippen LogP contribution is 2.35. The van der Waals surface area contributed by atoms with E-state index in [1.165, 1.54) is 0 Å². The minimum atomic E-state index is -0.883. The van der Waals surface area contributed by atoms with Crippen LogP contribution in [0.25, 0.3) is 0 Å². The first-order valence-corrected chi connectivity index (χ1v) is 7.07. The highest BCUT2D eigenvalue weighted by molar-refractivity contribution is 7.08. The third-order valence-corrected chi connectivity index (χ3v) is 4.19. The fourth-order valence-corrected chi connectivity index (χ4v) is 2.98. The molecule has 0 unspecified atom stereocenters. The summed E-state index contributed by atoms with van der Waals surface area (Å²) >= 11 is 1.06. The van der Waals surface area contributed by atoms with Crippen LogP contribution in [0.2, 0.25) is 0 Å². The van der Waals surface area contributed by atoms with E-state index in [1.54, 1.807) is 0 Å². The van der Waals surface area contributed by atoms with Crippen molar-refractivity contribution in [3.05, 3.63) is 10.6 Å². The van der Waals surface area contributed by atoms with Crippen LogP contribution in [0.1, 0.15) is 60.8 Å². The molecule has 1 heterocycles. The molecule has 1 saturated carbocycles. The lowest BCUT2D eigenvalue weighted by molar-refractivity contribution is -0.139. The van der Waals surface area contributed by atoms with Crippen LogP contribution in [-0.2, 0) is 4.79 Å². The average Bonchev–Trinajstić information content (AvgIpc) is 2.74. The second-order valence-electron chi connectivity index (χ2n) is 5.30. The summed E-state index contributed by atoms with van der Waals surface area (Å²) in [6, 6.07) is 0. The number of carboxylic acids is 1. The highest BCUT2D eigenvalue weighted by atomic mass is 32.1. The molecule has 2 N–H and O–H groups in total. The van der Waals surface area contributed by atoms with E-state index in [1.807, 2.05) is 13.8 Å². The molecule has 0 aromatic carbocycles. The first-order valence-electron chi connectivity index (χ1n) is 6.30. The number of amides is 1. The Morgan fingerprint density at radius 3 is 2.63 bits per heavy atom. The number of hydrogen-bond acceptors (Lipinski definition) is 5. The zero-order valence-electron chi connectivity index (χ0n) is 11.0. The number of carboxylic acid groups (broad SMARTS) is 1. The first kappa shape index (κ1) is 13.9. The topological polar surface area (TPSA) is 92.2 Å². The van der Waals surface area contributed by atoms with Gasteiger partial charge in [-0.05, 0) is 36.7 Å². The molecule has 0 bridgehead atoms. The van der Waals surface area contributed by atoms with Gasteiger partial charge in [-0.2, -0.15) is 0 Å². The number of rotatable bonds is 5. The largest absolute Gasteiger partial charge is 0.481 e. The monoisotopic (exact) mass is 283 g/mol. The third kappa shape index (κ3) is 2.91. The Kier molecular flexibility index (Phi) is 3.84. The number of nitrogens with one attached hydrogen (secondary N) is 1. The Balaban J connectivity index is 2.12. The van der Waals surface area contributed by atoms with E-state index in [9.17, 15) is 9.59 Å². The summed E-state index contributed by atoms with van der Waals surface area (Å²) in [5, 5.41) is 15.8. The van der Waals surface area contributed by atoms with E-state index in [0.29, 0.717) is 23.4 Å². The van der Waals surface area contributed by atoms with E-state index >= 15 is 0 Å². The average molecular weight is 283 g/mol. The Hall–Kier alpha value is -1.50. The Morgan fingerprint density at radius 2 is 2.16 bits per heavy atom. The molecule has 0 radical (unpaired) electrons. The minimum Gasteiger partial charge on any atom is -0.481 e. The van der Waals surface area contributed by atoms with Crippen LogP contribution < -0.4 is 5.32 Å². The molecule has 1 aromatic rings. The second-order valence-corrected chi connectivity index (χ2v) is 6.05. The van der Waals surface area contributed by atoms with E-state index in [4.69, 9.17) is 5.11 Å². The number of aromatic nitrogens is 2. The number of hydrogen-bond donors (Lipinski definition) is 2. The van der Waals surface area contributed by atoms with Crippen LogP contribution in [0.3, 0.4) is 0 Å². The second kappa shape index (κ2) is 5.24. The lowest BCUT2D eigenvalue weighted by atomic mass is 9.74. The quantitative estimate of drug-likeness (QED) is 0.859. The number of aliphatic carboxylic acids is 1. The smallest absolute Gasteiger partial charge is 0.305 e. The predicted molar refractivity (Wildman–Crippen MR) is 70.3 cm³/mol. The molecule has 1 aromatic heterocycles. The van der Waals surface area contributed by atoms with Gasteiger partial charge in [-0.1, -0.05) is 18.3 Å². The zero-order valence-corrected chi connectivity index (χ0v) is 11.8. The van der Waals surface area contributed by atoms with Gasteiger partial charge in [0.25, 0.3) is 5.91 Å². The number of nitrogens with zero attached hydrogens (tertiary/aromatic N) is 2. The lowest BCUT2D eigenvalue weighted by Gasteiger charge is -2.41. The standard InChI is InChI=1S/C12H17N3O3S/c1-7(2)9-10(19-15-14-9)11(18)13-12(4-3-5-12)6-8(16)17/h7H,3-6H2,1-2H3,(H,13,18)(H,16,17). The zero-order chi connectivity index (χ0) is 14.0. The molecule has 1 fully saturated rings. The maximum atomic E-state index is 12.2. The molecule has 19 heavy (non-hydrogen) atoms. The van der Waals surface area contributed by atoms with Crippen LogP contribution in [0.5, 0.6) is 0 Å². The van der Waals surface area contributed by atoms with Crippen molar-refractivity contribution in [2.45, 2.75) is 51.0 Å². The van der Waals surface area contributed by atoms with Crippen molar-refractivity contribution in [3.63, 3.8) is 0 Å². The number of carbonyl (C=O) groups excluding carboxylic acids is 1. The molecule has 1 aliphatic rings. The van der Waals surface area contributed by atoms with Crippen molar-refractivity contribution in [1.29, 1.82) is 0 Å². The van der Waals surface area contributed by atoms with Gasteiger partial charge in [-0.15, -0.1) is 5.10 Å². The third-order valence-electron chi connectivity index (χ3n) is 3.45. The maximum Gasteiger partial charge on any atom is 0.305 e. The fourth-order valence-electron chi connectivity index (χ4n) is 2.27. The first-order chi connectivity index (χ1) is 8.93. The van der Waals surface area contributed by atoms with Gasteiger partial charge in [0.1, 0.15) is 4.88 Å². The molecule has 104 valence electrons. The molecule has 0 spiro atoms. The number of carbonyl (C=O) groups is 2. The van der Waals surface area contributed by atoms with E-state index in [0.717, 1.165) is 18.0 Å². The van der Waals surface area contributed by atoms with E-state index in [-0.39, 0.29) is 18.2 Å². The molecular formula is C12H17N3O3S. The molecule has 7 heteroatoms. The molecule has 1 amide bonds. The molecule has 1 aliphatic carbocycles. The van der Waals surface area contributed by atoms with Gasteiger partial charge >= 0.3 is 5.97 Å². The maximum absolute atomic E-state index is 12.2. The van der Waals surface area contributed by atoms with Gasteiger partial charge in [0.15, 0.2) is 0 Å².